The number of likely N-dealkylation sites (tertiary alicyclic amines) is 1. The Kier molecular flexibility index (Phi) is 8.61. The molecular weight excluding hydrogens is 402 g/mol. The topological polar surface area (TPSA) is 93.2 Å². The fraction of sp³-hybridized carbons (Fsp3) is 0.560. The van der Waals surface area contributed by atoms with Gasteiger partial charge in [0.15, 0.2) is 0 Å². The second kappa shape index (κ2) is 10.8. The highest BCUT2D eigenvalue weighted by Gasteiger charge is 2.34. The Balaban J connectivity index is 0.000000235. The zero-order valence-electron chi connectivity index (χ0n) is 20.6. The van der Waals surface area contributed by atoms with E-state index >= 15 is 0 Å². The molecule has 3 N–H and O–H groups in total. The van der Waals surface area contributed by atoms with Crippen molar-refractivity contribution in [1.82, 2.24) is 20.0 Å². The highest BCUT2D eigenvalue weighted by Crippen LogP contribution is 2.25. The number of aryl methyl sites for hydroxylation is 2. The number of nitrogens with two attached hydrogens (primary N) is 1. The van der Waals surface area contributed by atoms with Gasteiger partial charge in [0, 0.05) is 25.2 Å². The predicted molar refractivity (Wildman–Crippen MR) is 129 cm³/mol. The van der Waals surface area contributed by atoms with Crippen LogP contribution in [0.3, 0.4) is 0 Å². The number of hydrogen-bond acceptors (Lipinski definition) is 4. The number of nitrogens with one attached hydrogen (secondary N) is 1. The minimum Gasteiger partial charge on any atom is -0.352 e. The first-order valence-electron chi connectivity index (χ1n) is 11.3. The SMILES string of the molecule is CC1CCCN1C(=O)C(N)C(C)(C)C.Cc1cnn(C)c1-c1ccc(C(C)NC=O)cc1. The highest BCUT2D eigenvalue weighted by atomic mass is 16.2. The van der Waals surface area contributed by atoms with E-state index in [-0.39, 0.29) is 23.4 Å². The molecule has 2 aromatic rings. The summed E-state index contributed by atoms with van der Waals surface area (Å²) in [5, 5.41) is 6.98. The van der Waals surface area contributed by atoms with Crippen molar-refractivity contribution < 1.29 is 9.59 Å². The second-order valence-electron chi connectivity index (χ2n) is 9.79. The Labute approximate surface area is 192 Å². The number of nitrogens with zero attached hydrogens (tertiary/aromatic N) is 3. The summed E-state index contributed by atoms with van der Waals surface area (Å²) in [6.07, 6.45) is 4.82. The van der Waals surface area contributed by atoms with E-state index in [2.05, 4.69) is 29.5 Å². The molecule has 1 aromatic carbocycles. The van der Waals surface area contributed by atoms with Crippen LogP contribution in [0.25, 0.3) is 11.3 Å². The van der Waals surface area contributed by atoms with Crippen LogP contribution >= 0.6 is 0 Å². The van der Waals surface area contributed by atoms with Crippen LogP contribution in [0.5, 0.6) is 0 Å². The van der Waals surface area contributed by atoms with Crippen LogP contribution in [0.2, 0.25) is 0 Å². The summed E-state index contributed by atoms with van der Waals surface area (Å²) in [6.45, 7) is 13.0. The van der Waals surface area contributed by atoms with Gasteiger partial charge >= 0.3 is 0 Å². The first kappa shape index (κ1) is 25.6. The number of aromatic nitrogens is 2. The van der Waals surface area contributed by atoms with Gasteiger partial charge in [0.25, 0.3) is 0 Å². The van der Waals surface area contributed by atoms with Crippen LogP contribution < -0.4 is 11.1 Å². The van der Waals surface area contributed by atoms with Crippen LogP contribution in [0.15, 0.2) is 30.5 Å². The van der Waals surface area contributed by atoms with Crippen LogP contribution in [0, 0.1) is 12.3 Å². The maximum Gasteiger partial charge on any atom is 0.240 e. The second-order valence-corrected chi connectivity index (χ2v) is 9.79. The quantitative estimate of drug-likeness (QED) is 0.694. The molecule has 3 rings (SSSR count). The monoisotopic (exact) mass is 441 g/mol. The summed E-state index contributed by atoms with van der Waals surface area (Å²) in [4.78, 5) is 24.3. The van der Waals surface area contributed by atoms with E-state index < -0.39 is 0 Å². The summed E-state index contributed by atoms with van der Waals surface area (Å²) >= 11 is 0. The van der Waals surface area contributed by atoms with Crippen molar-refractivity contribution in [3.05, 3.63) is 41.6 Å². The number of amides is 2. The molecule has 1 saturated heterocycles. The van der Waals surface area contributed by atoms with E-state index in [0.29, 0.717) is 6.04 Å². The summed E-state index contributed by atoms with van der Waals surface area (Å²) in [5.41, 5.74) is 10.3. The van der Waals surface area contributed by atoms with Crippen molar-refractivity contribution in [2.24, 2.45) is 18.2 Å². The number of carbonyl (C=O) groups is 2. The van der Waals surface area contributed by atoms with Crippen LogP contribution in [-0.2, 0) is 16.6 Å². The molecule has 176 valence electrons. The summed E-state index contributed by atoms with van der Waals surface area (Å²) in [6, 6.07) is 8.21. The zero-order valence-corrected chi connectivity index (χ0v) is 20.6. The van der Waals surface area contributed by atoms with Gasteiger partial charge in [-0.1, -0.05) is 45.0 Å². The van der Waals surface area contributed by atoms with Gasteiger partial charge in [0.1, 0.15) is 0 Å². The molecule has 0 spiro atoms. The minimum atomic E-state index is -0.372. The molecule has 32 heavy (non-hydrogen) atoms. The lowest BCUT2D eigenvalue weighted by Gasteiger charge is -2.31. The molecule has 3 unspecified atom stereocenters. The van der Waals surface area contributed by atoms with Crippen molar-refractivity contribution >= 4 is 12.3 Å². The standard InChI is InChI=1S/C14H17N3O.C11H22N2O/c1-10-8-16-17(3)14(10)13-6-4-12(5-7-13)11(2)15-9-18;1-8-6-5-7-13(8)10(14)9(12)11(2,3)4/h4-9,11H,1-3H3,(H,15,18);8-9H,5-7,12H2,1-4H3. The molecule has 7 heteroatoms. The van der Waals surface area contributed by atoms with E-state index in [1.54, 1.807) is 0 Å². The van der Waals surface area contributed by atoms with E-state index in [1.807, 2.05) is 69.6 Å². The Morgan fingerprint density at radius 2 is 1.91 bits per heavy atom. The lowest BCUT2D eigenvalue weighted by atomic mass is 9.86. The molecule has 7 nitrogen and oxygen atoms in total. The van der Waals surface area contributed by atoms with Crippen LogP contribution in [0.1, 0.15) is 64.6 Å². The van der Waals surface area contributed by atoms with Crippen molar-refractivity contribution in [3.8, 4) is 11.3 Å². The first-order valence-corrected chi connectivity index (χ1v) is 11.3. The average molecular weight is 442 g/mol. The molecule has 1 aliphatic heterocycles. The Morgan fingerprint density at radius 1 is 1.28 bits per heavy atom. The average Bonchev–Trinajstić information content (AvgIpc) is 3.31. The molecule has 2 amide bonds. The smallest absolute Gasteiger partial charge is 0.240 e. The van der Waals surface area contributed by atoms with Gasteiger partial charge in [0.2, 0.25) is 12.3 Å². The normalized spacial score (nSPS) is 17.9. The molecule has 0 bridgehead atoms. The minimum absolute atomic E-state index is 0.0317. The zero-order chi connectivity index (χ0) is 24.1. The molecule has 0 aliphatic carbocycles. The third-order valence-corrected chi connectivity index (χ3v) is 6.16. The molecule has 2 heterocycles. The molecule has 3 atom stereocenters. The number of carbonyl (C=O) groups excluding carboxylic acids is 2. The molecule has 0 saturated carbocycles. The van der Waals surface area contributed by atoms with Gasteiger partial charge in [-0.25, -0.2) is 0 Å². The van der Waals surface area contributed by atoms with Crippen molar-refractivity contribution in [3.63, 3.8) is 0 Å². The molecular formula is C25H39N5O2. The Bertz CT molecular complexity index is 875. The molecule has 1 aromatic heterocycles. The number of rotatable bonds is 5. The first-order chi connectivity index (χ1) is 15.0. The Morgan fingerprint density at radius 3 is 2.34 bits per heavy atom. The molecule has 0 radical (unpaired) electrons. The highest BCUT2D eigenvalue weighted by molar-refractivity contribution is 5.83. The van der Waals surface area contributed by atoms with E-state index in [1.165, 1.54) is 0 Å². The van der Waals surface area contributed by atoms with Gasteiger partial charge in [-0.3, -0.25) is 14.3 Å². The summed E-state index contributed by atoms with van der Waals surface area (Å²) in [7, 11) is 1.94. The lowest BCUT2D eigenvalue weighted by Crippen LogP contribution is -2.51. The number of hydrogen-bond donors (Lipinski definition) is 2. The third kappa shape index (κ3) is 6.19. The maximum atomic E-state index is 12.0. The van der Waals surface area contributed by atoms with Gasteiger partial charge in [-0.05, 0) is 50.2 Å². The van der Waals surface area contributed by atoms with Crippen molar-refractivity contribution in [2.45, 2.75) is 72.5 Å². The summed E-state index contributed by atoms with van der Waals surface area (Å²) < 4.78 is 1.87. The number of benzene rings is 1. The van der Waals surface area contributed by atoms with Gasteiger partial charge < -0.3 is 16.0 Å². The van der Waals surface area contributed by atoms with Gasteiger partial charge in [0.05, 0.1) is 24.0 Å². The third-order valence-electron chi connectivity index (χ3n) is 6.16. The van der Waals surface area contributed by atoms with E-state index in [9.17, 15) is 9.59 Å². The lowest BCUT2D eigenvalue weighted by molar-refractivity contribution is -0.135. The fourth-order valence-electron chi connectivity index (χ4n) is 3.90. The molecule has 1 aliphatic rings. The molecule has 1 fully saturated rings. The fourth-order valence-corrected chi connectivity index (χ4v) is 3.90. The Hall–Kier alpha value is -2.67. The summed E-state index contributed by atoms with van der Waals surface area (Å²) in [5.74, 6) is 0.113. The van der Waals surface area contributed by atoms with Gasteiger partial charge in [-0.2, -0.15) is 5.10 Å². The largest absolute Gasteiger partial charge is 0.352 e. The predicted octanol–water partition coefficient (Wildman–Crippen LogP) is 3.57. The van der Waals surface area contributed by atoms with Crippen LogP contribution in [-0.4, -0.2) is 45.6 Å². The van der Waals surface area contributed by atoms with E-state index in [0.717, 1.165) is 48.2 Å². The maximum absolute atomic E-state index is 12.0. The van der Waals surface area contributed by atoms with Gasteiger partial charge in [-0.15, -0.1) is 0 Å². The van der Waals surface area contributed by atoms with Crippen molar-refractivity contribution in [2.75, 3.05) is 6.54 Å². The van der Waals surface area contributed by atoms with E-state index in [4.69, 9.17) is 5.73 Å². The van der Waals surface area contributed by atoms with Crippen molar-refractivity contribution in [1.29, 1.82) is 0 Å². The van der Waals surface area contributed by atoms with Crippen LogP contribution in [0.4, 0.5) is 0 Å².